The van der Waals surface area contributed by atoms with E-state index in [4.69, 9.17) is 0 Å². The smallest absolute Gasteiger partial charge is 0.236 e. The summed E-state index contributed by atoms with van der Waals surface area (Å²) in [6, 6.07) is 15.1. The molecule has 0 aliphatic carbocycles. The highest BCUT2D eigenvalue weighted by atomic mass is 16.2. The van der Waals surface area contributed by atoms with Gasteiger partial charge in [-0.2, -0.15) is 0 Å². The first-order valence-corrected chi connectivity index (χ1v) is 9.71. The van der Waals surface area contributed by atoms with E-state index in [2.05, 4.69) is 51.2 Å². The van der Waals surface area contributed by atoms with Crippen LogP contribution < -0.4 is 0 Å². The van der Waals surface area contributed by atoms with Crippen LogP contribution in [0.4, 0.5) is 0 Å². The van der Waals surface area contributed by atoms with Gasteiger partial charge in [-0.15, -0.1) is 0 Å². The molecule has 0 bridgehead atoms. The topological polar surface area (TPSA) is 42.6 Å². The van der Waals surface area contributed by atoms with Crippen LogP contribution in [0.1, 0.15) is 30.1 Å². The first-order chi connectivity index (χ1) is 12.8. The van der Waals surface area contributed by atoms with Crippen LogP contribution in [0.3, 0.4) is 0 Å². The molecule has 0 radical (unpaired) electrons. The third-order valence-electron chi connectivity index (χ3n) is 5.66. The van der Waals surface area contributed by atoms with Crippen molar-refractivity contribution in [1.82, 2.24) is 19.7 Å². The van der Waals surface area contributed by atoms with E-state index in [-0.39, 0.29) is 5.91 Å². The van der Waals surface area contributed by atoms with Crippen LogP contribution >= 0.6 is 0 Å². The lowest BCUT2D eigenvalue weighted by Crippen LogP contribution is -2.50. The van der Waals surface area contributed by atoms with E-state index in [0.717, 1.165) is 45.7 Å². The molecule has 2 aromatic rings. The van der Waals surface area contributed by atoms with E-state index in [9.17, 15) is 4.79 Å². The maximum Gasteiger partial charge on any atom is 0.236 e. The number of carbonyl (C=O) groups excluding carboxylic acids is 1. The van der Waals surface area contributed by atoms with Gasteiger partial charge in [0, 0.05) is 44.6 Å². The fourth-order valence-corrected chi connectivity index (χ4v) is 4.19. The second-order valence-corrected chi connectivity index (χ2v) is 7.40. The van der Waals surface area contributed by atoms with Crippen LogP contribution in [0.15, 0.2) is 48.7 Å². The van der Waals surface area contributed by atoms with Gasteiger partial charge in [0.15, 0.2) is 0 Å². The van der Waals surface area contributed by atoms with Crippen LogP contribution in [0.5, 0.6) is 0 Å². The summed E-state index contributed by atoms with van der Waals surface area (Å²) in [6.45, 7) is 6.14. The number of amides is 1. The highest BCUT2D eigenvalue weighted by Gasteiger charge is 2.30. The first kappa shape index (κ1) is 17.3. The molecule has 0 saturated carbocycles. The average Bonchev–Trinajstić information content (AvgIpc) is 3.34. The van der Waals surface area contributed by atoms with Crippen molar-refractivity contribution in [2.75, 3.05) is 39.3 Å². The molecule has 1 aromatic carbocycles. The molecule has 4 rings (SSSR count). The Bertz CT molecular complexity index is 692. The lowest BCUT2D eigenvalue weighted by Gasteiger charge is -2.36. The van der Waals surface area contributed by atoms with Crippen molar-refractivity contribution in [2.24, 2.45) is 0 Å². The summed E-state index contributed by atoms with van der Waals surface area (Å²) in [5.41, 5.74) is 2.58. The number of likely N-dealkylation sites (tertiary alicyclic amines) is 1. The van der Waals surface area contributed by atoms with Crippen molar-refractivity contribution >= 4 is 5.91 Å². The second-order valence-electron chi connectivity index (χ2n) is 7.40. The average molecular weight is 352 g/mol. The molecular weight excluding hydrogens is 324 g/mol. The van der Waals surface area contributed by atoms with E-state index >= 15 is 0 Å². The second kappa shape index (κ2) is 8.06. The minimum Gasteiger partial charge on any atom is -0.364 e. The number of nitrogens with one attached hydrogen (secondary N) is 1. The third kappa shape index (κ3) is 4.00. The number of piperazine rings is 1. The van der Waals surface area contributed by atoms with Crippen LogP contribution in [0.25, 0.3) is 0 Å². The molecule has 1 unspecified atom stereocenters. The summed E-state index contributed by atoms with van der Waals surface area (Å²) in [5, 5.41) is 0. The summed E-state index contributed by atoms with van der Waals surface area (Å²) in [4.78, 5) is 22.9. The number of benzene rings is 1. The Morgan fingerprint density at radius 3 is 2.54 bits per heavy atom. The molecule has 1 N–H and O–H groups in total. The number of aromatic amines is 1. The van der Waals surface area contributed by atoms with Crippen LogP contribution in [0.2, 0.25) is 0 Å². The molecule has 5 nitrogen and oxygen atoms in total. The van der Waals surface area contributed by atoms with Gasteiger partial charge in [0.25, 0.3) is 0 Å². The van der Waals surface area contributed by atoms with Crippen LogP contribution in [0, 0.1) is 0 Å². The number of H-pyrrole nitrogens is 1. The standard InChI is InChI=1S/C21H28N4O/c26-21(17-25-11-5-9-20(25)19-8-4-10-22-19)24-14-12-23(13-15-24)16-18-6-2-1-3-7-18/h1-4,6-8,10,20,22H,5,9,11-17H2. The van der Waals surface area contributed by atoms with Gasteiger partial charge in [-0.1, -0.05) is 30.3 Å². The molecule has 138 valence electrons. The highest BCUT2D eigenvalue weighted by molar-refractivity contribution is 5.78. The zero-order chi connectivity index (χ0) is 17.8. The molecule has 1 amide bonds. The number of nitrogens with zero attached hydrogens (tertiary/aromatic N) is 3. The van der Waals surface area contributed by atoms with Crippen molar-refractivity contribution in [1.29, 1.82) is 0 Å². The molecule has 2 saturated heterocycles. The van der Waals surface area contributed by atoms with Gasteiger partial charge in [-0.25, -0.2) is 0 Å². The number of rotatable bonds is 5. The number of hydrogen-bond acceptors (Lipinski definition) is 3. The van der Waals surface area contributed by atoms with Crippen molar-refractivity contribution in [3.05, 3.63) is 59.9 Å². The molecule has 2 fully saturated rings. The van der Waals surface area contributed by atoms with Crippen molar-refractivity contribution in [3.63, 3.8) is 0 Å². The van der Waals surface area contributed by atoms with Crippen molar-refractivity contribution in [2.45, 2.75) is 25.4 Å². The molecule has 1 aromatic heterocycles. The molecule has 2 aliphatic heterocycles. The van der Waals surface area contributed by atoms with Crippen molar-refractivity contribution < 1.29 is 4.79 Å². The monoisotopic (exact) mass is 352 g/mol. The Balaban J connectivity index is 1.27. The maximum atomic E-state index is 12.8. The zero-order valence-corrected chi connectivity index (χ0v) is 15.3. The fourth-order valence-electron chi connectivity index (χ4n) is 4.19. The summed E-state index contributed by atoms with van der Waals surface area (Å²) < 4.78 is 0. The number of carbonyl (C=O) groups is 1. The SMILES string of the molecule is O=C(CN1CCCC1c1ccc[nH]1)N1CCN(Cc2ccccc2)CC1. The van der Waals surface area contributed by atoms with Gasteiger partial charge in [0.2, 0.25) is 5.91 Å². The van der Waals surface area contributed by atoms with Crippen LogP contribution in [-0.4, -0.2) is 64.9 Å². The van der Waals surface area contributed by atoms with Gasteiger partial charge in [0.1, 0.15) is 0 Å². The van der Waals surface area contributed by atoms with Crippen LogP contribution in [-0.2, 0) is 11.3 Å². The Hall–Kier alpha value is -2.11. The normalized spacial score (nSPS) is 22.0. The molecule has 26 heavy (non-hydrogen) atoms. The summed E-state index contributed by atoms with van der Waals surface area (Å²) in [6.07, 6.45) is 4.28. The Kier molecular flexibility index (Phi) is 5.37. The third-order valence-corrected chi connectivity index (χ3v) is 5.66. The van der Waals surface area contributed by atoms with E-state index < -0.39 is 0 Å². The van der Waals surface area contributed by atoms with E-state index in [1.165, 1.54) is 17.7 Å². The van der Waals surface area contributed by atoms with Crippen molar-refractivity contribution in [3.8, 4) is 0 Å². The van der Waals surface area contributed by atoms with Gasteiger partial charge < -0.3 is 9.88 Å². The fraction of sp³-hybridized carbons (Fsp3) is 0.476. The van der Waals surface area contributed by atoms with E-state index in [0.29, 0.717) is 12.6 Å². The number of hydrogen-bond donors (Lipinski definition) is 1. The quantitative estimate of drug-likeness (QED) is 0.899. The summed E-state index contributed by atoms with van der Waals surface area (Å²) >= 11 is 0. The lowest BCUT2D eigenvalue weighted by atomic mass is 10.1. The summed E-state index contributed by atoms with van der Waals surface area (Å²) in [7, 11) is 0. The Labute approximate surface area is 155 Å². The summed E-state index contributed by atoms with van der Waals surface area (Å²) in [5.74, 6) is 0.280. The molecule has 2 aliphatic rings. The lowest BCUT2D eigenvalue weighted by molar-refractivity contribution is -0.134. The molecule has 3 heterocycles. The van der Waals surface area contributed by atoms with Gasteiger partial charge in [0.05, 0.1) is 12.6 Å². The Morgan fingerprint density at radius 1 is 1.00 bits per heavy atom. The molecular formula is C21H28N4O. The minimum absolute atomic E-state index is 0.280. The Morgan fingerprint density at radius 2 is 1.81 bits per heavy atom. The van der Waals surface area contributed by atoms with Gasteiger partial charge >= 0.3 is 0 Å². The highest BCUT2D eigenvalue weighted by Crippen LogP contribution is 2.30. The minimum atomic E-state index is 0.280. The number of aromatic nitrogens is 1. The predicted octanol–water partition coefficient (Wildman–Crippen LogP) is 2.50. The predicted molar refractivity (Wildman–Crippen MR) is 103 cm³/mol. The molecule has 1 atom stereocenters. The maximum absolute atomic E-state index is 12.8. The van der Waals surface area contributed by atoms with E-state index in [1.54, 1.807) is 0 Å². The largest absolute Gasteiger partial charge is 0.364 e. The molecule has 0 spiro atoms. The first-order valence-electron chi connectivity index (χ1n) is 9.71. The zero-order valence-electron chi connectivity index (χ0n) is 15.3. The molecule has 5 heteroatoms. The van der Waals surface area contributed by atoms with E-state index in [1.807, 2.05) is 17.2 Å². The van der Waals surface area contributed by atoms with Gasteiger partial charge in [-0.05, 0) is 37.1 Å². The van der Waals surface area contributed by atoms with Gasteiger partial charge in [-0.3, -0.25) is 14.6 Å².